The Morgan fingerprint density at radius 1 is 1.50 bits per heavy atom. The van der Waals surface area contributed by atoms with E-state index >= 15 is 0 Å². The van der Waals surface area contributed by atoms with Crippen LogP contribution in [0.4, 0.5) is 0 Å². The number of nitrogens with zero attached hydrogens (tertiary/aromatic N) is 1. The first-order valence-corrected chi connectivity index (χ1v) is 5.47. The third kappa shape index (κ3) is 3.56. The highest BCUT2D eigenvalue weighted by Gasteiger charge is 2.12. The van der Waals surface area contributed by atoms with Gasteiger partial charge in [-0.05, 0) is 38.0 Å². The lowest BCUT2D eigenvalue weighted by Crippen LogP contribution is -2.03. The Morgan fingerprint density at radius 3 is 2.88 bits per heavy atom. The van der Waals surface area contributed by atoms with Crippen molar-refractivity contribution in [2.45, 2.75) is 26.4 Å². The number of benzene rings is 1. The summed E-state index contributed by atoms with van der Waals surface area (Å²) in [6.07, 6.45) is -0.151. The van der Waals surface area contributed by atoms with Crippen molar-refractivity contribution < 1.29 is 9.84 Å². The molecule has 0 amide bonds. The van der Waals surface area contributed by atoms with Gasteiger partial charge in [0, 0.05) is 5.92 Å². The summed E-state index contributed by atoms with van der Waals surface area (Å²) >= 11 is 0. The van der Waals surface area contributed by atoms with Gasteiger partial charge in [-0.2, -0.15) is 5.26 Å². The molecule has 1 aromatic carbocycles. The van der Waals surface area contributed by atoms with E-state index in [9.17, 15) is 5.11 Å². The Hall–Kier alpha value is -1.53. The molecule has 0 radical (unpaired) electrons. The van der Waals surface area contributed by atoms with Crippen LogP contribution in [0, 0.1) is 17.2 Å². The summed E-state index contributed by atoms with van der Waals surface area (Å²) in [6, 6.07) is 9.48. The normalized spacial score (nSPS) is 13.9. The van der Waals surface area contributed by atoms with Crippen LogP contribution in [0.5, 0.6) is 5.75 Å². The van der Waals surface area contributed by atoms with E-state index in [2.05, 4.69) is 6.07 Å². The number of aliphatic hydroxyl groups is 1. The lowest BCUT2D eigenvalue weighted by atomic mass is 9.99. The fraction of sp³-hybridized carbons (Fsp3) is 0.462. The SMILES string of the molecule is CCOc1cccc(C(O)CC(C)C#N)c1. The second kappa shape index (κ2) is 6.14. The first-order valence-electron chi connectivity index (χ1n) is 5.47. The van der Waals surface area contributed by atoms with Crippen LogP contribution in [-0.4, -0.2) is 11.7 Å². The van der Waals surface area contributed by atoms with Gasteiger partial charge in [0.2, 0.25) is 0 Å². The van der Waals surface area contributed by atoms with Gasteiger partial charge in [0.05, 0.1) is 18.8 Å². The van der Waals surface area contributed by atoms with E-state index in [4.69, 9.17) is 10.00 Å². The van der Waals surface area contributed by atoms with Crippen LogP contribution in [0.15, 0.2) is 24.3 Å². The van der Waals surface area contributed by atoms with Crippen LogP contribution in [0.25, 0.3) is 0 Å². The standard InChI is InChI=1S/C13H17NO2/c1-3-16-12-6-4-5-11(8-12)13(15)7-10(2)9-14/h4-6,8,10,13,15H,3,7H2,1-2H3. The Morgan fingerprint density at radius 2 is 2.25 bits per heavy atom. The zero-order chi connectivity index (χ0) is 12.0. The summed E-state index contributed by atoms with van der Waals surface area (Å²) in [6.45, 7) is 4.32. The average Bonchev–Trinajstić information content (AvgIpc) is 2.29. The molecule has 1 rings (SSSR count). The van der Waals surface area contributed by atoms with Crippen LogP contribution in [0.2, 0.25) is 0 Å². The summed E-state index contributed by atoms with van der Waals surface area (Å²) in [5.41, 5.74) is 0.799. The molecule has 0 fully saturated rings. The first kappa shape index (κ1) is 12.5. The van der Waals surface area contributed by atoms with Crippen molar-refractivity contribution in [3.05, 3.63) is 29.8 Å². The lowest BCUT2D eigenvalue weighted by molar-refractivity contribution is 0.156. The van der Waals surface area contributed by atoms with Crippen LogP contribution in [0.3, 0.4) is 0 Å². The summed E-state index contributed by atoms with van der Waals surface area (Å²) in [7, 11) is 0. The van der Waals surface area contributed by atoms with E-state index < -0.39 is 6.10 Å². The molecule has 0 aliphatic carbocycles. The highest BCUT2D eigenvalue weighted by Crippen LogP contribution is 2.24. The molecule has 0 spiro atoms. The Bertz CT molecular complexity index is 370. The Kier molecular flexibility index (Phi) is 4.81. The molecule has 0 aliphatic heterocycles. The fourth-order valence-electron chi connectivity index (χ4n) is 1.50. The number of nitriles is 1. The van der Waals surface area contributed by atoms with Crippen molar-refractivity contribution in [3.63, 3.8) is 0 Å². The van der Waals surface area contributed by atoms with Crippen LogP contribution < -0.4 is 4.74 Å². The van der Waals surface area contributed by atoms with Gasteiger partial charge in [0.15, 0.2) is 0 Å². The van der Waals surface area contributed by atoms with Gasteiger partial charge in [-0.1, -0.05) is 12.1 Å². The highest BCUT2D eigenvalue weighted by atomic mass is 16.5. The number of ether oxygens (including phenoxy) is 1. The number of hydrogen-bond acceptors (Lipinski definition) is 3. The van der Waals surface area contributed by atoms with Crippen LogP contribution >= 0.6 is 0 Å². The maximum atomic E-state index is 9.91. The van der Waals surface area contributed by atoms with Crippen molar-refractivity contribution in [2.75, 3.05) is 6.61 Å². The van der Waals surface area contributed by atoms with E-state index in [-0.39, 0.29) is 5.92 Å². The predicted octanol–water partition coefficient (Wildman–Crippen LogP) is 2.67. The summed E-state index contributed by atoms with van der Waals surface area (Å²) in [4.78, 5) is 0. The van der Waals surface area contributed by atoms with Crippen molar-refractivity contribution >= 4 is 0 Å². The Labute approximate surface area is 96.3 Å². The number of rotatable bonds is 5. The molecule has 2 unspecified atom stereocenters. The van der Waals surface area contributed by atoms with Gasteiger partial charge >= 0.3 is 0 Å². The Balaban J connectivity index is 2.71. The summed E-state index contributed by atoms with van der Waals surface area (Å²) in [5.74, 6) is 0.606. The molecule has 0 bridgehead atoms. The van der Waals surface area contributed by atoms with E-state index in [1.165, 1.54) is 0 Å². The van der Waals surface area contributed by atoms with E-state index in [0.29, 0.717) is 13.0 Å². The van der Waals surface area contributed by atoms with Gasteiger partial charge in [-0.3, -0.25) is 0 Å². The second-order valence-electron chi connectivity index (χ2n) is 3.79. The molecular formula is C13H17NO2. The smallest absolute Gasteiger partial charge is 0.119 e. The summed E-state index contributed by atoms with van der Waals surface area (Å²) in [5, 5.41) is 18.6. The van der Waals surface area contributed by atoms with Gasteiger partial charge in [0.25, 0.3) is 0 Å². The molecule has 0 heterocycles. The monoisotopic (exact) mass is 219 g/mol. The molecule has 0 saturated heterocycles. The van der Waals surface area contributed by atoms with Gasteiger partial charge in [-0.15, -0.1) is 0 Å². The maximum Gasteiger partial charge on any atom is 0.119 e. The molecule has 3 heteroatoms. The van der Waals surface area contributed by atoms with E-state index in [0.717, 1.165) is 11.3 Å². The fourth-order valence-corrected chi connectivity index (χ4v) is 1.50. The number of hydrogen-bond donors (Lipinski definition) is 1. The van der Waals surface area contributed by atoms with E-state index in [1.54, 1.807) is 6.92 Å². The third-order valence-corrected chi connectivity index (χ3v) is 2.35. The van der Waals surface area contributed by atoms with Crippen molar-refractivity contribution in [1.29, 1.82) is 5.26 Å². The minimum atomic E-state index is -0.602. The first-order chi connectivity index (χ1) is 7.67. The predicted molar refractivity (Wildman–Crippen MR) is 62.0 cm³/mol. The average molecular weight is 219 g/mol. The molecule has 0 aromatic heterocycles. The maximum absolute atomic E-state index is 9.91. The zero-order valence-electron chi connectivity index (χ0n) is 9.68. The molecular weight excluding hydrogens is 202 g/mol. The quantitative estimate of drug-likeness (QED) is 0.828. The summed E-state index contributed by atoms with van der Waals surface area (Å²) < 4.78 is 5.35. The molecule has 86 valence electrons. The minimum absolute atomic E-state index is 0.147. The van der Waals surface area contributed by atoms with Gasteiger partial charge in [-0.25, -0.2) is 0 Å². The zero-order valence-corrected chi connectivity index (χ0v) is 9.68. The lowest BCUT2D eigenvalue weighted by Gasteiger charge is -2.13. The molecule has 0 aliphatic rings. The van der Waals surface area contributed by atoms with Crippen LogP contribution in [0.1, 0.15) is 31.9 Å². The molecule has 0 saturated carbocycles. The van der Waals surface area contributed by atoms with Crippen molar-refractivity contribution in [3.8, 4) is 11.8 Å². The van der Waals surface area contributed by atoms with Gasteiger partial charge < -0.3 is 9.84 Å². The van der Waals surface area contributed by atoms with Crippen molar-refractivity contribution in [2.24, 2.45) is 5.92 Å². The minimum Gasteiger partial charge on any atom is -0.494 e. The van der Waals surface area contributed by atoms with Crippen LogP contribution in [-0.2, 0) is 0 Å². The van der Waals surface area contributed by atoms with E-state index in [1.807, 2.05) is 31.2 Å². The number of aliphatic hydroxyl groups excluding tert-OH is 1. The highest BCUT2D eigenvalue weighted by molar-refractivity contribution is 5.30. The molecule has 16 heavy (non-hydrogen) atoms. The molecule has 3 nitrogen and oxygen atoms in total. The largest absolute Gasteiger partial charge is 0.494 e. The van der Waals surface area contributed by atoms with Gasteiger partial charge in [0.1, 0.15) is 5.75 Å². The third-order valence-electron chi connectivity index (χ3n) is 2.35. The molecule has 1 N–H and O–H groups in total. The molecule has 1 aromatic rings. The second-order valence-corrected chi connectivity index (χ2v) is 3.79. The topological polar surface area (TPSA) is 53.2 Å². The van der Waals surface area contributed by atoms with Crippen molar-refractivity contribution in [1.82, 2.24) is 0 Å². The molecule has 2 atom stereocenters.